The summed E-state index contributed by atoms with van der Waals surface area (Å²) in [7, 11) is 0. The van der Waals surface area contributed by atoms with Crippen molar-refractivity contribution in [1.82, 2.24) is 5.32 Å². The summed E-state index contributed by atoms with van der Waals surface area (Å²) in [6.07, 6.45) is -0.284. The Labute approximate surface area is 184 Å². The number of rotatable bonds is 6. The van der Waals surface area contributed by atoms with Crippen molar-refractivity contribution in [3.63, 3.8) is 0 Å². The Morgan fingerprint density at radius 3 is 2.03 bits per heavy atom. The third kappa shape index (κ3) is 6.64. The van der Waals surface area contributed by atoms with Crippen molar-refractivity contribution in [2.45, 2.75) is 59.3 Å². The van der Waals surface area contributed by atoms with Gasteiger partial charge in [0.25, 0.3) is 0 Å². The molecule has 0 spiro atoms. The summed E-state index contributed by atoms with van der Waals surface area (Å²) in [4.78, 5) is 12.0. The average molecular weight is 422 g/mol. The van der Waals surface area contributed by atoms with Crippen LogP contribution >= 0.6 is 0 Å². The van der Waals surface area contributed by atoms with E-state index in [0.29, 0.717) is 0 Å². The van der Waals surface area contributed by atoms with Crippen molar-refractivity contribution in [1.29, 1.82) is 0 Å². The average Bonchev–Trinajstić information content (AvgIpc) is 2.67. The quantitative estimate of drug-likeness (QED) is 0.465. The molecule has 1 N–H and O–H groups in total. The number of alkyl carbamates (subject to hydrolysis) is 1. The number of hydrogen-bond acceptors (Lipinski definition) is 4. The van der Waals surface area contributed by atoms with Crippen LogP contribution in [0.2, 0.25) is 0 Å². The van der Waals surface area contributed by atoms with Crippen LogP contribution in [-0.2, 0) is 4.74 Å². The lowest BCUT2D eigenvalue weighted by Gasteiger charge is -2.22. The maximum absolute atomic E-state index is 12.0. The molecule has 0 saturated carbocycles. The zero-order valence-corrected chi connectivity index (χ0v) is 19.1. The predicted molar refractivity (Wildman–Crippen MR) is 124 cm³/mol. The van der Waals surface area contributed by atoms with Gasteiger partial charge in [0.2, 0.25) is 0 Å². The first-order chi connectivity index (χ1) is 14.6. The third-order valence-electron chi connectivity index (χ3n) is 4.50. The topological polar surface area (TPSA) is 56.8 Å². The first kappa shape index (κ1) is 22.5. The van der Waals surface area contributed by atoms with E-state index in [1.807, 2.05) is 96.1 Å². The van der Waals surface area contributed by atoms with Crippen LogP contribution in [0.25, 0.3) is 10.8 Å². The van der Waals surface area contributed by atoms with Gasteiger partial charge in [0, 0.05) is 0 Å². The van der Waals surface area contributed by atoms with E-state index in [2.05, 4.69) is 11.4 Å². The number of nitrogens with one attached hydrogen (secondary N) is 1. The van der Waals surface area contributed by atoms with Gasteiger partial charge in [-0.05, 0) is 100 Å². The molecule has 1 amide bonds. The first-order valence-corrected chi connectivity index (χ1v) is 10.6. The number of amides is 1. The molecule has 0 bridgehead atoms. The monoisotopic (exact) mass is 421 g/mol. The third-order valence-corrected chi connectivity index (χ3v) is 4.50. The molecule has 0 aliphatic rings. The summed E-state index contributed by atoms with van der Waals surface area (Å²) in [5, 5.41) is 5.01. The SMILES string of the molecule is CC(C)Oc1ccc(Oc2ccc3cc(C(C)NC(=O)OC(C)(C)C)ccc3c2)cc1. The van der Waals surface area contributed by atoms with E-state index in [-0.39, 0.29) is 12.1 Å². The Bertz CT molecular complexity index is 1040. The minimum Gasteiger partial charge on any atom is -0.491 e. The minimum atomic E-state index is -0.522. The summed E-state index contributed by atoms with van der Waals surface area (Å²) >= 11 is 0. The fraction of sp³-hybridized carbons (Fsp3) is 0.346. The lowest BCUT2D eigenvalue weighted by Crippen LogP contribution is -2.34. The van der Waals surface area contributed by atoms with Crippen LogP contribution in [-0.4, -0.2) is 17.8 Å². The van der Waals surface area contributed by atoms with E-state index in [0.717, 1.165) is 33.6 Å². The highest BCUT2D eigenvalue weighted by Gasteiger charge is 2.18. The van der Waals surface area contributed by atoms with Gasteiger partial charge >= 0.3 is 6.09 Å². The smallest absolute Gasteiger partial charge is 0.408 e. The molecule has 3 aromatic carbocycles. The second-order valence-corrected chi connectivity index (χ2v) is 8.88. The van der Waals surface area contributed by atoms with Crippen LogP contribution in [0.4, 0.5) is 4.79 Å². The normalized spacial score (nSPS) is 12.5. The molecule has 5 heteroatoms. The lowest BCUT2D eigenvalue weighted by molar-refractivity contribution is 0.0508. The van der Waals surface area contributed by atoms with Gasteiger partial charge in [0.15, 0.2) is 0 Å². The molecule has 3 aromatic rings. The second-order valence-electron chi connectivity index (χ2n) is 8.88. The van der Waals surface area contributed by atoms with Gasteiger partial charge in [0.05, 0.1) is 12.1 Å². The number of carbonyl (C=O) groups excluding carboxylic acids is 1. The van der Waals surface area contributed by atoms with Crippen molar-refractivity contribution in [2.24, 2.45) is 0 Å². The molecule has 5 nitrogen and oxygen atoms in total. The molecule has 0 heterocycles. The maximum atomic E-state index is 12.0. The van der Waals surface area contributed by atoms with Crippen LogP contribution in [0.5, 0.6) is 17.2 Å². The Morgan fingerprint density at radius 2 is 1.39 bits per heavy atom. The number of benzene rings is 3. The predicted octanol–water partition coefficient (Wildman–Crippen LogP) is 7.01. The molecule has 164 valence electrons. The Morgan fingerprint density at radius 1 is 0.806 bits per heavy atom. The van der Waals surface area contributed by atoms with Gasteiger partial charge in [0.1, 0.15) is 22.8 Å². The zero-order chi connectivity index (χ0) is 22.6. The van der Waals surface area contributed by atoms with Gasteiger partial charge in [-0.3, -0.25) is 0 Å². The number of fused-ring (bicyclic) bond motifs is 1. The van der Waals surface area contributed by atoms with E-state index < -0.39 is 11.7 Å². The molecule has 1 unspecified atom stereocenters. The van der Waals surface area contributed by atoms with Crippen molar-refractivity contribution < 1.29 is 19.0 Å². The largest absolute Gasteiger partial charge is 0.491 e. The van der Waals surface area contributed by atoms with Crippen LogP contribution in [0.15, 0.2) is 60.7 Å². The Kier molecular flexibility index (Phi) is 6.74. The lowest BCUT2D eigenvalue weighted by atomic mass is 10.0. The molecule has 3 rings (SSSR count). The fourth-order valence-electron chi connectivity index (χ4n) is 3.14. The second kappa shape index (κ2) is 9.29. The minimum absolute atomic E-state index is 0.138. The highest BCUT2D eigenvalue weighted by atomic mass is 16.6. The molecular formula is C26H31NO4. The highest BCUT2D eigenvalue weighted by Crippen LogP contribution is 2.29. The van der Waals surface area contributed by atoms with Crippen molar-refractivity contribution >= 4 is 16.9 Å². The van der Waals surface area contributed by atoms with Gasteiger partial charge in [-0.1, -0.05) is 18.2 Å². The standard InChI is InChI=1S/C26H31NO4/c1-17(2)29-22-11-13-23(14-12-22)30-24-10-9-20-15-19(7-8-21(20)16-24)18(3)27-25(28)31-26(4,5)6/h7-18H,1-6H3,(H,27,28). The van der Waals surface area contributed by atoms with Crippen LogP contribution in [0.3, 0.4) is 0 Å². The summed E-state index contributed by atoms with van der Waals surface area (Å²) in [6, 6.07) is 19.5. The molecule has 1 atom stereocenters. The summed E-state index contributed by atoms with van der Waals surface area (Å²) < 4.78 is 17.0. The maximum Gasteiger partial charge on any atom is 0.408 e. The van der Waals surface area contributed by atoms with E-state index in [9.17, 15) is 4.79 Å². The molecule has 0 aliphatic heterocycles. The Hall–Kier alpha value is -3.21. The van der Waals surface area contributed by atoms with Gasteiger partial charge in [-0.15, -0.1) is 0 Å². The molecule has 0 aliphatic carbocycles. The number of ether oxygens (including phenoxy) is 3. The first-order valence-electron chi connectivity index (χ1n) is 10.6. The highest BCUT2D eigenvalue weighted by molar-refractivity contribution is 5.85. The number of carbonyl (C=O) groups is 1. The Balaban J connectivity index is 1.69. The van der Waals surface area contributed by atoms with Crippen molar-refractivity contribution in [3.8, 4) is 17.2 Å². The molecular weight excluding hydrogens is 390 g/mol. The molecule has 0 saturated heterocycles. The van der Waals surface area contributed by atoms with Gasteiger partial charge < -0.3 is 19.5 Å². The van der Waals surface area contributed by atoms with E-state index in [1.165, 1.54) is 0 Å². The summed E-state index contributed by atoms with van der Waals surface area (Å²) in [5.41, 5.74) is 0.485. The van der Waals surface area contributed by atoms with Crippen LogP contribution in [0.1, 0.15) is 53.1 Å². The van der Waals surface area contributed by atoms with Gasteiger partial charge in [-0.2, -0.15) is 0 Å². The van der Waals surface area contributed by atoms with E-state index in [4.69, 9.17) is 14.2 Å². The number of hydrogen-bond donors (Lipinski definition) is 1. The van der Waals surface area contributed by atoms with Gasteiger partial charge in [-0.25, -0.2) is 4.79 Å². The molecule has 0 aromatic heterocycles. The van der Waals surface area contributed by atoms with E-state index >= 15 is 0 Å². The summed E-state index contributed by atoms with van der Waals surface area (Å²) in [6.45, 7) is 11.5. The van der Waals surface area contributed by atoms with Crippen LogP contribution in [0, 0.1) is 0 Å². The van der Waals surface area contributed by atoms with E-state index in [1.54, 1.807) is 0 Å². The zero-order valence-electron chi connectivity index (χ0n) is 19.1. The van der Waals surface area contributed by atoms with Crippen molar-refractivity contribution in [3.05, 3.63) is 66.2 Å². The summed E-state index contributed by atoms with van der Waals surface area (Å²) in [5.74, 6) is 2.34. The molecule has 0 radical (unpaired) electrons. The van der Waals surface area contributed by atoms with Crippen LogP contribution < -0.4 is 14.8 Å². The fourth-order valence-corrected chi connectivity index (χ4v) is 3.14. The molecule has 0 fully saturated rings. The molecule has 31 heavy (non-hydrogen) atoms. The van der Waals surface area contributed by atoms with Crippen molar-refractivity contribution in [2.75, 3.05) is 0 Å².